The maximum Gasteiger partial charge on any atom is 0.314 e. The van der Waals surface area contributed by atoms with Gasteiger partial charge in [-0.2, -0.15) is 0 Å². The van der Waals surface area contributed by atoms with E-state index >= 15 is 0 Å². The van der Waals surface area contributed by atoms with Crippen LogP contribution in [-0.2, 0) is 9.59 Å². The first-order chi connectivity index (χ1) is 10.9. The van der Waals surface area contributed by atoms with E-state index in [0.29, 0.717) is 16.4 Å². The zero-order chi connectivity index (χ0) is 17.0. The minimum atomic E-state index is -0.815. The average Bonchev–Trinajstić information content (AvgIpc) is 2.50. The number of carbonyl (C=O) groups is 2. The number of hydrogen-bond acceptors (Lipinski definition) is 3. The lowest BCUT2D eigenvalue weighted by atomic mass is 10.2. The number of amides is 2. The molecule has 0 saturated heterocycles. The summed E-state index contributed by atoms with van der Waals surface area (Å²) in [6.45, 7) is 0. The molecule has 0 fully saturated rings. The van der Waals surface area contributed by atoms with Gasteiger partial charge in [-0.1, -0.05) is 29.3 Å². The highest BCUT2D eigenvalue weighted by atomic mass is 35.5. The van der Waals surface area contributed by atoms with Crippen LogP contribution in [0.25, 0.3) is 0 Å². The zero-order valence-electron chi connectivity index (χ0n) is 12.6. The van der Waals surface area contributed by atoms with E-state index in [4.69, 9.17) is 23.2 Å². The molecule has 0 aliphatic rings. The van der Waals surface area contributed by atoms with E-state index in [0.717, 1.165) is 5.69 Å². The summed E-state index contributed by atoms with van der Waals surface area (Å²) < 4.78 is 0. The Morgan fingerprint density at radius 3 is 2.30 bits per heavy atom. The Kier molecular flexibility index (Phi) is 5.47. The lowest BCUT2D eigenvalue weighted by Gasteiger charge is -2.14. The summed E-state index contributed by atoms with van der Waals surface area (Å²) in [7, 11) is 3.77. The van der Waals surface area contributed by atoms with E-state index in [1.807, 2.05) is 25.1 Å². The van der Waals surface area contributed by atoms with E-state index in [-0.39, 0.29) is 5.02 Å². The van der Waals surface area contributed by atoms with Crippen molar-refractivity contribution in [3.05, 3.63) is 52.5 Å². The molecule has 5 nitrogen and oxygen atoms in total. The lowest BCUT2D eigenvalue weighted by molar-refractivity contribution is -0.132. The monoisotopic (exact) mass is 351 g/mol. The largest absolute Gasteiger partial charge is 0.378 e. The fraction of sp³-hybridized carbons (Fsp3) is 0.125. The topological polar surface area (TPSA) is 61.4 Å². The first kappa shape index (κ1) is 17.1. The van der Waals surface area contributed by atoms with Crippen molar-refractivity contribution < 1.29 is 9.59 Å². The number of carbonyl (C=O) groups excluding carboxylic acids is 2. The first-order valence-corrected chi connectivity index (χ1v) is 7.47. The van der Waals surface area contributed by atoms with Crippen molar-refractivity contribution in [3.63, 3.8) is 0 Å². The number of benzene rings is 2. The van der Waals surface area contributed by atoms with E-state index in [2.05, 4.69) is 10.6 Å². The highest BCUT2D eigenvalue weighted by Gasteiger charge is 2.15. The summed E-state index contributed by atoms with van der Waals surface area (Å²) in [4.78, 5) is 25.8. The number of nitrogens with one attached hydrogen (secondary N) is 2. The third-order valence-corrected chi connectivity index (χ3v) is 3.55. The van der Waals surface area contributed by atoms with E-state index in [1.54, 1.807) is 24.3 Å². The smallest absolute Gasteiger partial charge is 0.314 e. The number of anilines is 3. The van der Waals surface area contributed by atoms with Crippen molar-refractivity contribution in [2.24, 2.45) is 0 Å². The quantitative estimate of drug-likeness (QED) is 0.830. The summed E-state index contributed by atoms with van der Waals surface area (Å²) in [6, 6.07) is 11.7. The Morgan fingerprint density at radius 2 is 1.65 bits per heavy atom. The van der Waals surface area contributed by atoms with Crippen molar-refractivity contribution >= 4 is 52.1 Å². The van der Waals surface area contributed by atoms with Gasteiger partial charge in [-0.25, -0.2) is 0 Å². The predicted octanol–water partition coefficient (Wildman–Crippen LogP) is 3.64. The summed E-state index contributed by atoms with van der Waals surface area (Å²) >= 11 is 11.7. The molecule has 2 aromatic carbocycles. The minimum absolute atomic E-state index is 0.258. The Hall–Kier alpha value is -2.24. The molecule has 0 aliphatic heterocycles. The molecule has 0 unspecified atom stereocenters. The molecule has 23 heavy (non-hydrogen) atoms. The molecule has 0 atom stereocenters. The lowest BCUT2D eigenvalue weighted by Crippen LogP contribution is -2.29. The molecule has 0 saturated carbocycles. The number of rotatable bonds is 3. The fourth-order valence-corrected chi connectivity index (χ4v) is 2.28. The normalized spacial score (nSPS) is 10.1. The molecular formula is C16H15Cl2N3O2. The minimum Gasteiger partial charge on any atom is -0.378 e. The third kappa shape index (κ3) is 4.61. The van der Waals surface area contributed by atoms with Crippen molar-refractivity contribution in [1.82, 2.24) is 0 Å². The van der Waals surface area contributed by atoms with E-state index < -0.39 is 11.8 Å². The van der Waals surface area contributed by atoms with E-state index in [1.165, 1.54) is 12.1 Å². The van der Waals surface area contributed by atoms with Gasteiger partial charge >= 0.3 is 11.8 Å². The van der Waals surface area contributed by atoms with Crippen LogP contribution in [0.15, 0.2) is 42.5 Å². The van der Waals surface area contributed by atoms with Gasteiger partial charge in [-0.15, -0.1) is 0 Å². The van der Waals surface area contributed by atoms with Gasteiger partial charge in [0, 0.05) is 30.5 Å². The molecular weight excluding hydrogens is 337 g/mol. The van der Waals surface area contributed by atoms with E-state index in [9.17, 15) is 9.59 Å². The molecule has 0 heterocycles. The highest BCUT2D eigenvalue weighted by Crippen LogP contribution is 2.25. The molecule has 2 rings (SSSR count). The summed E-state index contributed by atoms with van der Waals surface area (Å²) in [5, 5.41) is 5.68. The second-order valence-electron chi connectivity index (χ2n) is 4.98. The van der Waals surface area contributed by atoms with Crippen LogP contribution in [0.4, 0.5) is 17.1 Å². The maximum absolute atomic E-state index is 12.0. The molecule has 0 spiro atoms. The zero-order valence-corrected chi connectivity index (χ0v) is 14.1. The number of nitrogens with zero attached hydrogens (tertiary/aromatic N) is 1. The van der Waals surface area contributed by atoms with Crippen LogP contribution in [-0.4, -0.2) is 25.9 Å². The Morgan fingerprint density at radius 1 is 0.957 bits per heavy atom. The fourth-order valence-electron chi connectivity index (χ4n) is 1.82. The molecule has 0 radical (unpaired) electrons. The van der Waals surface area contributed by atoms with Crippen LogP contribution >= 0.6 is 23.2 Å². The third-order valence-electron chi connectivity index (χ3n) is 3.01. The van der Waals surface area contributed by atoms with Gasteiger partial charge in [0.05, 0.1) is 10.7 Å². The Bertz CT molecular complexity index is 748. The van der Waals surface area contributed by atoms with Gasteiger partial charge in [0.25, 0.3) is 0 Å². The second-order valence-corrected chi connectivity index (χ2v) is 5.82. The first-order valence-electron chi connectivity index (χ1n) is 6.71. The van der Waals surface area contributed by atoms with Crippen LogP contribution in [0.5, 0.6) is 0 Å². The summed E-state index contributed by atoms with van der Waals surface area (Å²) in [5.74, 6) is -1.60. The number of hydrogen-bond donors (Lipinski definition) is 2. The summed E-state index contributed by atoms with van der Waals surface area (Å²) in [5.41, 5.74) is 1.75. The van der Waals surface area contributed by atoms with Crippen molar-refractivity contribution in [2.75, 3.05) is 29.6 Å². The highest BCUT2D eigenvalue weighted by molar-refractivity contribution is 6.45. The molecule has 2 aromatic rings. The van der Waals surface area contributed by atoms with Crippen LogP contribution < -0.4 is 15.5 Å². The van der Waals surface area contributed by atoms with Crippen LogP contribution in [0.2, 0.25) is 10.0 Å². The van der Waals surface area contributed by atoms with Crippen LogP contribution in [0.1, 0.15) is 0 Å². The predicted molar refractivity (Wildman–Crippen MR) is 94.5 cm³/mol. The van der Waals surface area contributed by atoms with Gasteiger partial charge in [0.1, 0.15) is 0 Å². The van der Waals surface area contributed by atoms with Crippen molar-refractivity contribution in [3.8, 4) is 0 Å². The van der Waals surface area contributed by atoms with Crippen LogP contribution in [0.3, 0.4) is 0 Å². The van der Waals surface area contributed by atoms with Crippen molar-refractivity contribution in [2.45, 2.75) is 0 Å². The molecule has 120 valence electrons. The van der Waals surface area contributed by atoms with Gasteiger partial charge < -0.3 is 15.5 Å². The molecule has 2 amide bonds. The maximum atomic E-state index is 12.0. The Balaban J connectivity index is 2.05. The van der Waals surface area contributed by atoms with Gasteiger partial charge in [-0.3, -0.25) is 9.59 Å². The SMILES string of the molecule is CN(C)c1cccc(NC(=O)C(=O)Nc2ccc(Cl)cc2Cl)c1. The molecule has 0 aromatic heterocycles. The summed E-state index contributed by atoms with van der Waals surface area (Å²) in [6.07, 6.45) is 0. The molecule has 2 N–H and O–H groups in total. The van der Waals surface area contributed by atoms with Gasteiger partial charge in [0.15, 0.2) is 0 Å². The van der Waals surface area contributed by atoms with Gasteiger partial charge in [-0.05, 0) is 36.4 Å². The van der Waals surface area contributed by atoms with Gasteiger partial charge in [0.2, 0.25) is 0 Å². The van der Waals surface area contributed by atoms with Crippen molar-refractivity contribution in [1.29, 1.82) is 0 Å². The Labute approximate surface area is 144 Å². The molecule has 0 bridgehead atoms. The molecule has 7 heteroatoms. The number of halogens is 2. The van der Waals surface area contributed by atoms with Crippen LogP contribution in [0, 0.1) is 0 Å². The average molecular weight is 352 g/mol. The molecule has 0 aliphatic carbocycles. The second kappa shape index (κ2) is 7.35. The standard InChI is InChI=1S/C16H15Cl2N3O2/c1-21(2)12-5-3-4-11(9-12)19-15(22)16(23)20-14-7-6-10(17)8-13(14)18/h3-9H,1-2H3,(H,19,22)(H,20,23).